The molecule has 47 heavy (non-hydrogen) atoms. The lowest BCUT2D eigenvalue weighted by atomic mass is 9.85. The molecule has 0 aliphatic carbocycles. The summed E-state index contributed by atoms with van der Waals surface area (Å²) in [5.41, 5.74) is 8.71. The van der Waals surface area contributed by atoms with Crippen molar-refractivity contribution in [3.8, 4) is 11.5 Å². The molecule has 1 aliphatic heterocycles. The van der Waals surface area contributed by atoms with Crippen LogP contribution in [0.3, 0.4) is 0 Å². The number of phosphoric ester groups is 1. The molecule has 1 aromatic rings. The predicted octanol–water partition coefficient (Wildman–Crippen LogP) is 9.13. The number of allylic oxidation sites excluding steroid dienone is 6. The van der Waals surface area contributed by atoms with Gasteiger partial charge in [-0.05, 0) is 123 Å². The maximum absolute atomic E-state index is 12.0. The molecule has 1 aromatic carbocycles. The van der Waals surface area contributed by atoms with Crippen LogP contribution in [0.1, 0.15) is 102 Å². The van der Waals surface area contributed by atoms with E-state index in [1.165, 1.54) is 22.3 Å². The molecule has 0 aromatic heterocycles. The summed E-state index contributed by atoms with van der Waals surface area (Å²) in [6, 6.07) is 0. The topological polar surface area (TPSA) is 83.5 Å². The van der Waals surface area contributed by atoms with Gasteiger partial charge in [-0.1, -0.05) is 34.9 Å². The molecule has 0 fully saturated rings. The first-order valence-corrected chi connectivity index (χ1v) is 18.8. The number of benzene rings is 1. The molecule has 0 bridgehead atoms. The van der Waals surface area contributed by atoms with E-state index in [1.54, 1.807) is 0 Å². The summed E-state index contributed by atoms with van der Waals surface area (Å²) >= 11 is 0. The van der Waals surface area contributed by atoms with Gasteiger partial charge in [0.05, 0.1) is 41.0 Å². The van der Waals surface area contributed by atoms with Crippen LogP contribution in [0.2, 0.25) is 0 Å². The number of fused-ring (bicyclic) bond motifs is 1. The van der Waals surface area contributed by atoms with E-state index < -0.39 is 7.82 Å². The number of ether oxygens (including phenoxy) is 3. The number of nitrogens with zero attached hydrogens (tertiary/aromatic N) is 1. The van der Waals surface area contributed by atoms with Gasteiger partial charge in [-0.2, -0.15) is 0 Å². The normalized spacial score (nSPS) is 18.4. The van der Waals surface area contributed by atoms with E-state index in [1.807, 2.05) is 21.1 Å². The van der Waals surface area contributed by atoms with E-state index in [9.17, 15) is 9.46 Å². The predicted molar refractivity (Wildman–Crippen MR) is 194 cm³/mol. The zero-order valence-electron chi connectivity index (χ0n) is 31.4. The van der Waals surface area contributed by atoms with Crippen LogP contribution < -0.4 is 9.47 Å². The van der Waals surface area contributed by atoms with Crippen LogP contribution in [0.15, 0.2) is 34.9 Å². The number of hydrogen-bond acceptors (Lipinski definition) is 6. The van der Waals surface area contributed by atoms with Gasteiger partial charge in [0.2, 0.25) is 0 Å². The van der Waals surface area contributed by atoms with Gasteiger partial charge >= 0.3 is 7.82 Å². The lowest BCUT2D eigenvalue weighted by molar-refractivity contribution is -0.870. The third kappa shape index (κ3) is 15.4. The zero-order valence-corrected chi connectivity index (χ0v) is 32.3. The van der Waals surface area contributed by atoms with Crippen molar-refractivity contribution < 1.29 is 37.2 Å². The van der Waals surface area contributed by atoms with Gasteiger partial charge in [0, 0.05) is 5.56 Å². The van der Waals surface area contributed by atoms with E-state index in [0.29, 0.717) is 24.2 Å². The van der Waals surface area contributed by atoms with Crippen LogP contribution in [-0.4, -0.2) is 75.7 Å². The number of quaternary nitrogens is 1. The van der Waals surface area contributed by atoms with Crippen LogP contribution in [0, 0.1) is 20.8 Å². The SMILES string of the molecule is CC(C)=CCC/C(C)=C/CC/C(C)=C\CCC1(C)CCc2c(C)c(OCCOCCOP(=O)(O)OCC[N+](C)(C)C)c(C)c(C)c2O1. The molecule has 0 radical (unpaired) electrons. The Hall–Kier alpha value is -1.93. The molecular formula is C38H65NO7P+. The van der Waals surface area contributed by atoms with Gasteiger partial charge in [0.25, 0.3) is 0 Å². The van der Waals surface area contributed by atoms with Gasteiger partial charge in [0.1, 0.15) is 36.9 Å². The Morgan fingerprint density at radius 3 is 2.09 bits per heavy atom. The number of phosphoric acid groups is 1. The van der Waals surface area contributed by atoms with Gasteiger partial charge < -0.3 is 23.6 Å². The van der Waals surface area contributed by atoms with Crippen molar-refractivity contribution in [1.29, 1.82) is 0 Å². The Kier molecular flexibility index (Phi) is 16.9. The highest BCUT2D eigenvalue weighted by Gasteiger charge is 2.34. The van der Waals surface area contributed by atoms with Crippen molar-refractivity contribution in [2.24, 2.45) is 0 Å². The van der Waals surface area contributed by atoms with Crippen LogP contribution in [-0.2, 0) is 24.8 Å². The van der Waals surface area contributed by atoms with Crippen molar-refractivity contribution in [3.05, 3.63) is 57.2 Å². The summed E-state index contributed by atoms with van der Waals surface area (Å²) < 4.78 is 41.2. The number of likely N-dealkylation sites (N-methyl/N-ethyl adjacent to an activating group) is 1. The smallest absolute Gasteiger partial charge is 0.472 e. The van der Waals surface area contributed by atoms with Crippen molar-refractivity contribution >= 4 is 7.82 Å². The summed E-state index contributed by atoms with van der Waals surface area (Å²) in [6.07, 6.45) is 15.5. The first kappa shape index (κ1) is 41.2. The van der Waals surface area contributed by atoms with Gasteiger partial charge in [-0.25, -0.2) is 4.57 Å². The highest BCUT2D eigenvalue weighted by Crippen LogP contribution is 2.45. The van der Waals surface area contributed by atoms with Crippen LogP contribution >= 0.6 is 7.82 Å². The maximum Gasteiger partial charge on any atom is 0.472 e. The molecule has 2 unspecified atom stereocenters. The van der Waals surface area contributed by atoms with E-state index in [-0.39, 0.29) is 25.4 Å². The van der Waals surface area contributed by atoms with Gasteiger partial charge in [-0.3, -0.25) is 9.05 Å². The van der Waals surface area contributed by atoms with Crippen LogP contribution in [0.25, 0.3) is 0 Å². The molecular weight excluding hydrogens is 613 g/mol. The Morgan fingerprint density at radius 1 is 0.851 bits per heavy atom. The van der Waals surface area contributed by atoms with E-state index in [4.69, 9.17) is 23.3 Å². The van der Waals surface area contributed by atoms with Gasteiger partial charge in [0.15, 0.2) is 0 Å². The molecule has 1 N–H and O–H groups in total. The molecule has 2 rings (SSSR count). The molecule has 268 valence electrons. The monoisotopic (exact) mass is 678 g/mol. The Balaban J connectivity index is 1.82. The van der Waals surface area contributed by atoms with Gasteiger partial charge in [-0.15, -0.1) is 0 Å². The van der Waals surface area contributed by atoms with Crippen molar-refractivity contribution in [2.75, 3.05) is 60.7 Å². The first-order chi connectivity index (χ1) is 21.9. The van der Waals surface area contributed by atoms with Crippen molar-refractivity contribution in [1.82, 2.24) is 0 Å². The van der Waals surface area contributed by atoms with E-state index in [0.717, 1.165) is 79.6 Å². The average molecular weight is 679 g/mol. The Labute approximate surface area is 286 Å². The summed E-state index contributed by atoms with van der Waals surface area (Å²) in [4.78, 5) is 9.83. The van der Waals surface area contributed by atoms with E-state index >= 15 is 0 Å². The minimum Gasteiger partial charge on any atom is -0.491 e. The molecule has 0 spiro atoms. The minimum atomic E-state index is -4.08. The average Bonchev–Trinajstić information content (AvgIpc) is 2.96. The first-order valence-electron chi connectivity index (χ1n) is 17.3. The van der Waals surface area contributed by atoms with Crippen LogP contribution in [0.4, 0.5) is 0 Å². The fourth-order valence-electron chi connectivity index (χ4n) is 5.62. The third-order valence-electron chi connectivity index (χ3n) is 8.82. The summed E-state index contributed by atoms with van der Waals surface area (Å²) in [6.45, 7) is 19.0. The highest BCUT2D eigenvalue weighted by atomic mass is 31.2. The fraction of sp³-hybridized carbons (Fsp3) is 0.684. The summed E-state index contributed by atoms with van der Waals surface area (Å²) in [5.74, 6) is 1.90. The Morgan fingerprint density at radius 2 is 1.45 bits per heavy atom. The largest absolute Gasteiger partial charge is 0.491 e. The second kappa shape index (κ2) is 19.3. The number of rotatable bonds is 21. The second-order valence-electron chi connectivity index (χ2n) is 14.7. The molecule has 0 amide bonds. The van der Waals surface area contributed by atoms with Crippen molar-refractivity contribution in [3.63, 3.8) is 0 Å². The molecule has 2 atom stereocenters. The minimum absolute atomic E-state index is 0.0339. The van der Waals surface area contributed by atoms with E-state index in [2.05, 4.69) is 73.6 Å². The lowest BCUT2D eigenvalue weighted by Gasteiger charge is -2.38. The Bertz CT molecular complexity index is 1290. The highest BCUT2D eigenvalue weighted by molar-refractivity contribution is 7.47. The molecule has 1 aliphatic rings. The summed E-state index contributed by atoms with van der Waals surface area (Å²) in [7, 11) is 1.87. The lowest BCUT2D eigenvalue weighted by Crippen LogP contribution is -2.37. The van der Waals surface area contributed by atoms with Crippen molar-refractivity contribution in [2.45, 2.75) is 112 Å². The zero-order chi connectivity index (χ0) is 35.3. The molecule has 8 nitrogen and oxygen atoms in total. The standard InChI is InChI=1S/C38H64NO7P/c1-29(2)15-12-16-30(3)17-13-18-31(4)19-14-21-38(8)22-20-35-34(7)36(32(5)33(6)37(35)46-38)43-27-25-42-26-28-45-47(40,41)44-24-23-39(9,10)11/h15,17,19H,12-14,16,18,20-28H2,1-11H3/p+1/b30-17+,31-19-. The maximum atomic E-state index is 12.0. The number of hydrogen-bond donors (Lipinski definition) is 1. The fourth-order valence-corrected chi connectivity index (χ4v) is 6.31. The molecule has 1 heterocycles. The molecule has 9 heteroatoms. The van der Waals surface area contributed by atoms with Crippen LogP contribution in [0.5, 0.6) is 11.5 Å². The summed E-state index contributed by atoms with van der Waals surface area (Å²) in [5, 5.41) is 0. The molecule has 0 saturated heterocycles. The quantitative estimate of drug-likeness (QED) is 0.0601. The third-order valence-corrected chi connectivity index (χ3v) is 9.84. The molecule has 0 saturated carbocycles. The second-order valence-corrected chi connectivity index (χ2v) is 16.1.